The lowest BCUT2D eigenvalue weighted by atomic mass is 10.2. The molecule has 0 radical (unpaired) electrons. The van der Waals surface area contributed by atoms with Crippen molar-refractivity contribution in [1.29, 1.82) is 0 Å². The van der Waals surface area contributed by atoms with Crippen molar-refractivity contribution in [3.8, 4) is 5.69 Å². The van der Waals surface area contributed by atoms with E-state index in [1.165, 1.54) is 28.8 Å². The summed E-state index contributed by atoms with van der Waals surface area (Å²) < 4.78 is 29.1. The maximum atomic E-state index is 13.4. The van der Waals surface area contributed by atoms with E-state index in [1.54, 1.807) is 38.1 Å². The Morgan fingerprint density at radius 3 is 2.36 bits per heavy atom. The molecule has 5 aromatic rings. The van der Waals surface area contributed by atoms with Crippen LogP contribution in [0.4, 0.5) is 10.8 Å². The van der Waals surface area contributed by atoms with E-state index in [9.17, 15) is 18.0 Å². The Labute approximate surface area is 232 Å². The van der Waals surface area contributed by atoms with Crippen molar-refractivity contribution in [2.75, 3.05) is 10.0 Å². The Balaban J connectivity index is 1.34. The van der Waals surface area contributed by atoms with Crippen LogP contribution >= 0.6 is 23.1 Å². The summed E-state index contributed by atoms with van der Waals surface area (Å²) in [5, 5.41) is 11.4. The number of nitrogens with one attached hydrogen (secondary N) is 2. The van der Waals surface area contributed by atoms with Crippen molar-refractivity contribution in [3.05, 3.63) is 94.2 Å². The molecule has 2 aromatic heterocycles. The molecule has 0 aliphatic carbocycles. The molecule has 0 aliphatic heterocycles. The number of aryl methyl sites for hydroxylation is 1. The minimum atomic E-state index is -3.85. The van der Waals surface area contributed by atoms with Gasteiger partial charge in [0, 0.05) is 5.69 Å². The first kappa shape index (κ1) is 26.5. The molecule has 0 bridgehead atoms. The van der Waals surface area contributed by atoms with Crippen LogP contribution in [-0.4, -0.2) is 39.3 Å². The molecule has 13 heteroatoms. The average molecular weight is 579 g/mol. The Hall–Kier alpha value is -4.07. The molecule has 0 saturated carbocycles. The van der Waals surface area contributed by atoms with Crippen LogP contribution in [0.25, 0.3) is 16.6 Å². The number of nitrogens with zero attached hydrogens (tertiary/aromatic N) is 4. The first-order valence-corrected chi connectivity index (χ1v) is 14.9. The first-order valence-electron chi connectivity index (χ1n) is 11.7. The fourth-order valence-corrected chi connectivity index (χ4v) is 6.43. The first-order chi connectivity index (χ1) is 18.7. The summed E-state index contributed by atoms with van der Waals surface area (Å²) in [5.74, 6) is -0.333. The van der Waals surface area contributed by atoms with E-state index < -0.39 is 15.3 Å². The summed E-state index contributed by atoms with van der Waals surface area (Å²) in [7, 11) is -3.85. The molecular weight excluding hydrogens is 557 g/mol. The van der Waals surface area contributed by atoms with Crippen molar-refractivity contribution in [3.63, 3.8) is 0 Å². The van der Waals surface area contributed by atoms with Crippen molar-refractivity contribution >= 4 is 60.8 Å². The number of sulfonamides is 1. The number of rotatable bonds is 8. The number of hydrogen-bond donors (Lipinski definition) is 2. The lowest BCUT2D eigenvalue weighted by Gasteiger charge is -2.16. The number of aromatic nitrogens is 4. The van der Waals surface area contributed by atoms with E-state index in [1.807, 2.05) is 30.3 Å². The Kier molecular flexibility index (Phi) is 7.46. The van der Waals surface area contributed by atoms with Gasteiger partial charge in [0.25, 0.3) is 15.6 Å². The fourth-order valence-electron chi connectivity index (χ4n) is 3.68. The number of thioether (sulfide) groups is 1. The van der Waals surface area contributed by atoms with Crippen LogP contribution in [0.1, 0.15) is 11.9 Å². The molecule has 1 unspecified atom stereocenters. The molecular formula is C26H22N6O4S3. The molecule has 0 saturated heterocycles. The average Bonchev–Trinajstić information content (AvgIpc) is 3.33. The van der Waals surface area contributed by atoms with E-state index in [-0.39, 0.29) is 21.5 Å². The van der Waals surface area contributed by atoms with E-state index in [0.717, 1.165) is 23.1 Å². The van der Waals surface area contributed by atoms with Gasteiger partial charge in [0.2, 0.25) is 11.0 Å². The number of fused-ring (bicyclic) bond motifs is 1. The number of para-hydroxylation sites is 2. The molecule has 3 aromatic carbocycles. The van der Waals surface area contributed by atoms with Gasteiger partial charge < -0.3 is 5.32 Å². The number of carbonyl (C=O) groups is 1. The van der Waals surface area contributed by atoms with E-state index in [2.05, 4.69) is 25.2 Å². The van der Waals surface area contributed by atoms with Gasteiger partial charge in [0.05, 0.1) is 26.7 Å². The van der Waals surface area contributed by atoms with Gasteiger partial charge in [0.1, 0.15) is 5.01 Å². The predicted octanol–water partition coefficient (Wildman–Crippen LogP) is 4.47. The highest BCUT2D eigenvalue weighted by Crippen LogP contribution is 2.26. The summed E-state index contributed by atoms with van der Waals surface area (Å²) in [6, 6.07) is 22.0. The number of anilines is 2. The van der Waals surface area contributed by atoms with Gasteiger partial charge in [-0.25, -0.2) is 13.4 Å². The zero-order valence-corrected chi connectivity index (χ0v) is 23.2. The van der Waals surface area contributed by atoms with Crippen LogP contribution in [0.2, 0.25) is 0 Å². The molecule has 0 aliphatic rings. The third-order valence-electron chi connectivity index (χ3n) is 5.59. The van der Waals surface area contributed by atoms with Crippen LogP contribution in [-0.2, 0) is 14.8 Å². The second-order valence-corrected chi connectivity index (χ2v) is 12.6. The van der Waals surface area contributed by atoms with Crippen molar-refractivity contribution in [2.24, 2.45) is 0 Å². The van der Waals surface area contributed by atoms with E-state index in [4.69, 9.17) is 0 Å². The van der Waals surface area contributed by atoms with Gasteiger partial charge in [-0.1, -0.05) is 53.4 Å². The normalized spacial score (nSPS) is 12.3. The third-order valence-corrected chi connectivity index (χ3v) is 8.88. The largest absolute Gasteiger partial charge is 0.325 e. The third kappa shape index (κ3) is 5.85. The summed E-state index contributed by atoms with van der Waals surface area (Å²) in [5.41, 5.74) is 1.38. The van der Waals surface area contributed by atoms with Gasteiger partial charge in [-0.05, 0) is 62.4 Å². The number of carbonyl (C=O) groups excluding carboxylic acids is 1. The molecule has 1 atom stereocenters. The van der Waals surface area contributed by atoms with Gasteiger partial charge in [-0.2, -0.15) is 0 Å². The number of amides is 1. The maximum Gasteiger partial charge on any atom is 0.266 e. The topological polar surface area (TPSA) is 136 Å². The van der Waals surface area contributed by atoms with Crippen LogP contribution in [0.3, 0.4) is 0 Å². The molecule has 0 fully saturated rings. The zero-order chi connectivity index (χ0) is 27.6. The maximum absolute atomic E-state index is 13.4. The molecule has 2 N–H and O–H groups in total. The minimum absolute atomic E-state index is 0.0167. The van der Waals surface area contributed by atoms with Gasteiger partial charge in [0.15, 0.2) is 5.16 Å². The SMILES string of the molecule is Cc1nnc(NS(=O)(=O)c2ccc(NC(=O)C(C)Sc3nc4ccccc4c(=O)n3-c3ccccc3)cc2)s1. The molecule has 198 valence electrons. The Morgan fingerprint density at radius 1 is 0.974 bits per heavy atom. The molecule has 2 heterocycles. The molecule has 10 nitrogen and oxygen atoms in total. The zero-order valence-electron chi connectivity index (χ0n) is 20.7. The summed E-state index contributed by atoms with van der Waals surface area (Å²) >= 11 is 2.28. The summed E-state index contributed by atoms with van der Waals surface area (Å²) in [6.45, 7) is 3.44. The summed E-state index contributed by atoms with van der Waals surface area (Å²) in [6.07, 6.45) is 0. The van der Waals surface area contributed by atoms with Gasteiger partial charge >= 0.3 is 0 Å². The number of hydrogen-bond acceptors (Lipinski definition) is 9. The monoisotopic (exact) mass is 578 g/mol. The van der Waals surface area contributed by atoms with Gasteiger partial charge in [-0.15, -0.1) is 10.2 Å². The van der Waals surface area contributed by atoms with Gasteiger partial charge in [-0.3, -0.25) is 18.9 Å². The quantitative estimate of drug-likeness (QED) is 0.203. The molecule has 0 spiro atoms. The summed E-state index contributed by atoms with van der Waals surface area (Å²) in [4.78, 5) is 31.1. The van der Waals surface area contributed by atoms with E-state index >= 15 is 0 Å². The molecule has 1 amide bonds. The van der Waals surface area contributed by atoms with Crippen molar-refractivity contribution < 1.29 is 13.2 Å². The fraction of sp³-hybridized carbons (Fsp3) is 0.115. The number of benzene rings is 3. The standard InChI is InChI=1S/C26H22N6O4S3/c1-16(23(33)27-18-12-14-20(15-13-18)39(35,36)31-25-30-29-17(2)38-25)37-26-28-22-11-7-6-10-21(22)24(34)32(26)19-8-4-3-5-9-19/h3-16H,1-2H3,(H,27,33)(H,30,31). The molecule has 39 heavy (non-hydrogen) atoms. The highest BCUT2D eigenvalue weighted by Gasteiger charge is 2.21. The minimum Gasteiger partial charge on any atom is -0.325 e. The van der Waals surface area contributed by atoms with E-state index in [0.29, 0.717) is 32.4 Å². The predicted molar refractivity (Wildman–Crippen MR) is 153 cm³/mol. The Bertz CT molecular complexity index is 1820. The van der Waals surface area contributed by atoms with Crippen molar-refractivity contribution in [1.82, 2.24) is 19.7 Å². The van der Waals surface area contributed by atoms with Crippen LogP contribution in [0, 0.1) is 6.92 Å². The van der Waals surface area contributed by atoms with Crippen LogP contribution in [0.15, 0.2) is 93.7 Å². The molecule has 5 rings (SSSR count). The lowest BCUT2D eigenvalue weighted by Crippen LogP contribution is -2.26. The lowest BCUT2D eigenvalue weighted by molar-refractivity contribution is -0.115. The highest BCUT2D eigenvalue weighted by atomic mass is 32.2. The Morgan fingerprint density at radius 2 is 1.67 bits per heavy atom. The van der Waals surface area contributed by atoms with Crippen molar-refractivity contribution in [2.45, 2.75) is 29.1 Å². The van der Waals surface area contributed by atoms with Crippen LogP contribution in [0.5, 0.6) is 0 Å². The second-order valence-electron chi connectivity index (χ2n) is 8.39. The van der Waals surface area contributed by atoms with Crippen LogP contribution < -0.4 is 15.6 Å². The highest BCUT2D eigenvalue weighted by molar-refractivity contribution is 8.00. The smallest absolute Gasteiger partial charge is 0.266 e. The second kappa shape index (κ2) is 11.0.